The van der Waals surface area contributed by atoms with Crippen LogP contribution in [0.2, 0.25) is 0 Å². The smallest absolute Gasteiger partial charge is 0.326 e. The summed E-state index contributed by atoms with van der Waals surface area (Å²) in [5.41, 5.74) is 0.223. The Balaban J connectivity index is 2.69. The maximum absolute atomic E-state index is 11.9. The average Bonchev–Trinajstić information content (AvgIpc) is 2.40. The number of methoxy groups -OCH3 is 1. The van der Waals surface area contributed by atoms with E-state index in [4.69, 9.17) is 9.84 Å². The molecule has 110 valence electrons. The van der Waals surface area contributed by atoms with E-state index >= 15 is 0 Å². The Labute approximate surface area is 130 Å². The minimum absolute atomic E-state index is 0.00971. The summed E-state index contributed by atoms with van der Waals surface area (Å²) in [5, 5.41) is 21.0. The van der Waals surface area contributed by atoms with Gasteiger partial charge in [0.25, 0.3) is 5.91 Å². The lowest BCUT2D eigenvalue weighted by Crippen LogP contribution is -2.40. The van der Waals surface area contributed by atoms with E-state index in [-0.39, 0.29) is 17.7 Å². The Bertz CT molecular complexity index is 492. The van der Waals surface area contributed by atoms with E-state index in [2.05, 4.69) is 5.32 Å². The van der Waals surface area contributed by atoms with Gasteiger partial charge in [0, 0.05) is 19.3 Å². The quantitative estimate of drug-likeness (QED) is 0.483. The first-order valence-corrected chi connectivity index (χ1v) is 7.04. The van der Waals surface area contributed by atoms with Crippen LogP contribution in [0.15, 0.2) is 18.2 Å². The number of aliphatic carboxylic acids is 1. The summed E-state index contributed by atoms with van der Waals surface area (Å²) in [6.45, 7) is 0.434. The van der Waals surface area contributed by atoms with Crippen molar-refractivity contribution in [2.75, 3.05) is 13.7 Å². The molecule has 0 radical (unpaired) electrons. The highest BCUT2D eigenvalue weighted by Gasteiger charge is 2.20. The van der Waals surface area contributed by atoms with Crippen LogP contribution in [0, 0.1) is 3.57 Å². The minimum Gasteiger partial charge on any atom is -0.507 e. The van der Waals surface area contributed by atoms with E-state index in [1.165, 1.54) is 19.2 Å². The van der Waals surface area contributed by atoms with Crippen molar-refractivity contribution >= 4 is 34.5 Å². The lowest BCUT2D eigenvalue weighted by Gasteiger charge is -2.14. The molecule has 0 aliphatic rings. The molecule has 3 N–H and O–H groups in total. The van der Waals surface area contributed by atoms with Gasteiger partial charge in [-0.2, -0.15) is 0 Å². The molecule has 0 heterocycles. The van der Waals surface area contributed by atoms with Crippen molar-refractivity contribution in [3.8, 4) is 5.75 Å². The summed E-state index contributed by atoms with van der Waals surface area (Å²) in [6, 6.07) is 3.46. The molecule has 0 aliphatic heterocycles. The van der Waals surface area contributed by atoms with Crippen molar-refractivity contribution in [3.63, 3.8) is 0 Å². The molecule has 20 heavy (non-hydrogen) atoms. The average molecular weight is 393 g/mol. The Morgan fingerprint density at radius 1 is 1.45 bits per heavy atom. The first kappa shape index (κ1) is 16.7. The number of carbonyl (C=O) groups excluding carboxylic acids is 1. The zero-order valence-electron chi connectivity index (χ0n) is 10.9. The van der Waals surface area contributed by atoms with Crippen LogP contribution in [-0.2, 0) is 9.53 Å². The Morgan fingerprint density at radius 2 is 2.15 bits per heavy atom. The third-order valence-electron chi connectivity index (χ3n) is 2.65. The van der Waals surface area contributed by atoms with Gasteiger partial charge in [-0.3, -0.25) is 4.79 Å². The van der Waals surface area contributed by atoms with Crippen LogP contribution in [0.25, 0.3) is 0 Å². The van der Waals surface area contributed by atoms with Crippen molar-refractivity contribution < 1.29 is 24.5 Å². The van der Waals surface area contributed by atoms with Gasteiger partial charge in [0.05, 0.1) is 3.57 Å². The van der Waals surface area contributed by atoms with E-state index in [0.29, 0.717) is 16.6 Å². The van der Waals surface area contributed by atoms with E-state index in [1.54, 1.807) is 6.07 Å². The normalized spacial score (nSPS) is 11.9. The topological polar surface area (TPSA) is 95.9 Å². The fourth-order valence-corrected chi connectivity index (χ4v) is 1.92. The fraction of sp³-hybridized carbons (Fsp3) is 0.385. The molecule has 0 saturated heterocycles. The number of nitrogens with one attached hydrogen (secondary N) is 1. The van der Waals surface area contributed by atoms with Crippen molar-refractivity contribution in [2.45, 2.75) is 18.9 Å². The predicted molar refractivity (Wildman–Crippen MR) is 80.8 cm³/mol. The summed E-state index contributed by atoms with van der Waals surface area (Å²) in [7, 11) is 1.53. The standard InChI is InChI=1S/C13H16INO5/c1-20-6-2-3-10(13(18)19)15-12(17)8-4-5-9(14)11(16)7-8/h4-5,7,10,16H,2-3,6H2,1H3,(H,15,17)(H,18,19). The first-order valence-electron chi connectivity index (χ1n) is 5.96. The monoisotopic (exact) mass is 393 g/mol. The third-order valence-corrected chi connectivity index (χ3v) is 3.57. The van der Waals surface area contributed by atoms with Crippen molar-refractivity contribution in [3.05, 3.63) is 27.3 Å². The maximum atomic E-state index is 11.9. The molecule has 1 aromatic rings. The molecule has 0 aliphatic carbocycles. The zero-order chi connectivity index (χ0) is 15.1. The molecular weight excluding hydrogens is 377 g/mol. The van der Waals surface area contributed by atoms with Crippen LogP contribution < -0.4 is 5.32 Å². The Hall–Kier alpha value is -1.35. The van der Waals surface area contributed by atoms with Crippen LogP contribution in [0.5, 0.6) is 5.75 Å². The molecule has 0 bridgehead atoms. The minimum atomic E-state index is -1.09. The molecule has 0 fully saturated rings. The van der Waals surface area contributed by atoms with Gasteiger partial charge < -0.3 is 20.3 Å². The van der Waals surface area contributed by atoms with Gasteiger partial charge in [-0.25, -0.2) is 4.79 Å². The summed E-state index contributed by atoms with van der Waals surface area (Å²) < 4.78 is 5.47. The van der Waals surface area contributed by atoms with Gasteiger partial charge in [-0.05, 0) is 53.6 Å². The number of carboxylic acids is 1. The van der Waals surface area contributed by atoms with Gasteiger partial charge in [0.1, 0.15) is 11.8 Å². The number of carboxylic acid groups (broad SMARTS) is 1. The van der Waals surface area contributed by atoms with E-state index in [1.807, 2.05) is 22.6 Å². The second kappa shape index (κ2) is 8.05. The van der Waals surface area contributed by atoms with Gasteiger partial charge in [0.15, 0.2) is 0 Å². The summed E-state index contributed by atoms with van der Waals surface area (Å²) in [5.74, 6) is -1.63. The largest absolute Gasteiger partial charge is 0.507 e. The van der Waals surface area contributed by atoms with Crippen LogP contribution in [0.3, 0.4) is 0 Å². The summed E-state index contributed by atoms with van der Waals surface area (Å²) in [4.78, 5) is 23.0. The molecule has 1 amide bonds. The number of phenolic OH excluding ortho intramolecular Hbond substituents is 1. The van der Waals surface area contributed by atoms with Gasteiger partial charge in [0.2, 0.25) is 0 Å². The van der Waals surface area contributed by atoms with E-state index in [9.17, 15) is 14.7 Å². The van der Waals surface area contributed by atoms with E-state index in [0.717, 1.165) is 0 Å². The van der Waals surface area contributed by atoms with E-state index < -0.39 is 17.9 Å². The summed E-state index contributed by atoms with van der Waals surface area (Å²) in [6.07, 6.45) is 0.816. The maximum Gasteiger partial charge on any atom is 0.326 e. The Kier molecular flexibility index (Phi) is 6.73. The molecular formula is C13H16INO5. The molecule has 0 aromatic heterocycles. The number of amides is 1. The lowest BCUT2D eigenvalue weighted by atomic mass is 10.1. The number of phenols is 1. The molecule has 0 spiro atoms. The number of benzene rings is 1. The molecule has 1 aromatic carbocycles. The van der Waals surface area contributed by atoms with Crippen molar-refractivity contribution in [2.24, 2.45) is 0 Å². The molecule has 1 atom stereocenters. The molecule has 7 heteroatoms. The highest BCUT2D eigenvalue weighted by Crippen LogP contribution is 2.20. The van der Waals surface area contributed by atoms with Gasteiger partial charge in [-0.1, -0.05) is 0 Å². The van der Waals surface area contributed by atoms with Crippen LogP contribution in [0.1, 0.15) is 23.2 Å². The number of halogens is 1. The first-order chi connectivity index (χ1) is 9.45. The number of rotatable bonds is 7. The number of hydrogen-bond donors (Lipinski definition) is 3. The summed E-state index contributed by atoms with van der Waals surface area (Å²) >= 11 is 1.93. The molecule has 0 saturated carbocycles. The van der Waals surface area contributed by atoms with Crippen LogP contribution in [0.4, 0.5) is 0 Å². The van der Waals surface area contributed by atoms with Gasteiger partial charge >= 0.3 is 5.97 Å². The van der Waals surface area contributed by atoms with Crippen LogP contribution in [-0.4, -0.2) is 41.8 Å². The zero-order valence-corrected chi connectivity index (χ0v) is 13.1. The number of ether oxygens (including phenoxy) is 1. The molecule has 1 unspecified atom stereocenters. The van der Waals surface area contributed by atoms with Crippen molar-refractivity contribution in [1.29, 1.82) is 0 Å². The second-order valence-corrected chi connectivity index (χ2v) is 5.33. The highest BCUT2D eigenvalue weighted by atomic mass is 127. The number of carbonyl (C=O) groups is 2. The fourth-order valence-electron chi connectivity index (χ4n) is 1.58. The SMILES string of the molecule is COCCCC(NC(=O)c1ccc(I)c(O)c1)C(=O)O. The Morgan fingerprint density at radius 3 is 2.70 bits per heavy atom. The lowest BCUT2D eigenvalue weighted by molar-refractivity contribution is -0.139. The van der Waals surface area contributed by atoms with Crippen molar-refractivity contribution in [1.82, 2.24) is 5.32 Å². The van der Waals surface area contributed by atoms with Gasteiger partial charge in [-0.15, -0.1) is 0 Å². The number of hydrogen-bond acceptors (Lipinski definition) is 4. The number of aromatic hydroxyl groups is 1. The highest BCUT2D eigenvalue weighted by molar-refractivity contribution is 14.1. The second-order valence-electron chi connectivity index (χ2n) is 4.17. The molecule has 1 rings (SSSR count). The van der Waals surface area contributed by atoms with Crippen LogP contribution >= 0.6 is 22.6 Å². The third kappa shape index (κ3) is 4.97. The molecule has 6 nitrogen and oxygen atoms in total. The predicted octanol–water partition coefficient (Wildman–Crippen LogP) is 1.61.